The summed E-state index contributed by atoms with van der Waals surface area (Å²) in [6, 6.07) is 14.7. The molecule has 4 aliphatic rings. The van der Waals surface area contributed by atoms with Gasteiger partial charge in [-0.15, -0.1) is 0 Å². The quantitative estimate of drug-likeness (QED) is 0.428. The second-order valence-corrected chi connectivity index (χ2v) is 12.4. The highest BCUT2D eigenvalue weighted by Crippen LogP contribution is 2.61. The van der Waals surface area contributed by atoms with Crippen molar-refractivity contribution in [2.75, 3.05) is 5.32 Å². The smallest absolute Gasteiger partial charge is 0.240 e. The van der Waals surface area contributed by atoms with Gasteiger partial charge in [-0.05, 0) is 77.8 Å². The third-order valence-corrected chi connectivity index (χ3v) is 9.54. The SMILES string of the molecule is CC(=O)Nc1cccc(-c2cccc(CN3OC(O)[C@@H]([C@H](C)O)C3C(=O)N[C@H]3C[C@H]4C[C@@H](C3C)C4(C)C)c2)c1. The van der Waals surface area contributed by atoms with Gasteiger partial charge >= 0.3 is 0 Å². The Morgan fingerprint density at radius 1 is 1.13 bits per heavy atom. The Morgan fingerprint density at radius 3 is 2.46 bits per heavy atom. The standard InChI is InChI=1S/C31H41N3O5/c1-17-25-14-23(31(25,4)5)15-26(17)33-29(37)28-27(18(2)35)30(38)39-34(28)16-20-8-6-9-21(12-20)22-10-7-11-24(13-22)32-19(3)36/h6-13,17-18,23,25-28,30,35,38H,14-16H2,1-5H3,(H,32,36)(H,33,37)/t17?,18-,23+,25-,26-,27-,28?,30?/m0/s1. The molecule has 8 nitrogen and oxygen atoms in total. The summed E-state index contributed by atoms with van der Waals surface area (Å²) in [5.74, 6) is 0.433. The van der Waals surface area contributed by atoms with Gasteiger partial charge in [0.2, 0.25) is 11.8 Å². The van der Waals surface area contributed by atoms with E-state index < -0.39 is 24.4 Å². The number of carbonyl (C=O) groups excluding carboxylic acids is 2. The van der Waals surface area contributed by atoms with Gasteiger partial charge in [0.05, 0.1) is 18.6 Å². The average Bonchev–Trinajstić information content (AvgIpc) is 3.20. The van der Waals surface area contributed by atoms with Crippen LogP contribution in [0.25, 0.3) is 11.1 Å². The van der Waals surface area contributed by atoms with E-state index >= 15 is 0 Å². The number of hydrogen-bond acceptors (Lipinski definition) is 6. The zero-order valence-electron chi connectivity index (χ0n) is 23.4. The fourth-order valence-corrected chi connectivity index (χ4v) is 7.18. The lowest BCUT2D eigenvalue weighted by atomic mass is 9.45. The molecule has 210 valence electrons. The molecule has 39 heavy (non-hydrogen) atoms. The lowest BCUT2D eigenvalue weighted by Gasteiger charge is -2.62. The van der Waals surface area contributed by atoms with Crippen molar-refractivity contribution in [2.24, 2.45) is 29.1 Å². The fraction of sp³-hybridized carbons (Fsp3) is 0.548. The highest BCUT2D eigenvalue weighted by atomic mass is 16.8. The molecule has 3 unspecified atom stereocenters. The second kappa shape index (κ2) is 10.7. The lowest BCUT2D eigenvalue weighted by molar-refractivity contribution is -0.231. The molecule has 2 amide bonds. The van der Waals surface area contributed by atoms with Crippen LogP contribution in [0.1, 0.15) is 53.0 Å². The summed E-state index contributed by atoms with van der Waals surface area (Å²) in [7, 11) is 0. The number of anilines is 1. The van der Waals surface area contributed by atoms with Crippen molar-refractivity contribution in [3.8, 4) is 11.1 Å². The number of carbonyl (C=O) groups is 2. The number of nitrogens with zero attached hydrogens (tertiary/aromatic N) is 1. The van der Waals surface area contributed by atoms with Crippen LogP contribution in [0.15, 0.2) is 48.5 Å². The van der Waals surface area contributed by atoms with Gasteiger partial charge < -0.3 is 20.8 Å². The van der Waals surface area contributed by atoms with E-state index in [0.717, 1.165) is 23.1 Å². The van der Waals surface area contributed by atoms with E-state index in [0.29, 0.717) is 28.9 Å². The second-order valence-electron chi connectivity index (χ2n) is 12.4. The van der Waals surface area contributed by atoms with Gasteiger partial charge in [-0.1, -0.05) is 51.1 Å². The summed E-state index contributed by atoms with van der Waals surface area (Å²) >= 11 is 0. The van der Waals surface area contributed by atoms with E-state index in [2.05, 4.69) is 31.4 Å². The summed E-state index contributed by atoms with van der Waals surface area (Å²) in [6.07, 6.45) is -0.0434. The summed E-state index contributed by atoms with van der Waals surface area (Å²) in [6.45, 7) is 10.2. The first-order valence-corrected chi connectivity index (χ1v) is 14.0. The number of hydrogen-bond donors (Lipinski definition) is 4. The Balaban J connectivity index is 1.34. The van der Waals surface area contributed by atoms with Crippen molar-refractivity contribution in [1.29, 1.82) is 0 Å². The Morgan fingerprint density at radius 2 is 1.82 bits per heavy atom. The van der Waals surface area contributed by atoms with E-state index in [1.165, 1.54) is 18.4 Å². The van der Waals surface area contributed by atoms with Gasteiger partial charge in [0.15, 0.2) is 6.29 Å². The van der Waals surface area contributed by atoms with Crippen LogP contribution in [0.3, 0.4) is 0 Å². The van der Waals surface area contributed by atoms with Gasteiger partial charge in [-0.25, -0.2) is 0 Å². The zero-order chi connectivity index (χ0) is 28.1. The van der Waals surface area contributed by atoms with E-state index in [1.54, 1.807) is 6.92 Å². The van der Waals surface area contributed by atoms with Crippen LogP contribution in [0.4, 0.5) is 5.69 Å². The maximum absolute atomic E-state index is 13.7. The Bertz CT molecular complexity index is 1230. The molecule has 2 bridgehead atoms. The van der Waals surface area contributed by atoms with Gasteiger partial charge in [0, 0.05) is 18.7 Å². The average molecular weight is 536 g/mol. The normalized spacial score (nSPS) is 32.2. The van der Waals surface area contributed by atoms with Crippen LogP contribution in [-0.4, -0.2) is 51.6 Å². The highest BCUT2D eigenvalue weighted by Gasteiger charge is 2.57. The first-order chi connectivity index (χ1) is 18.5. The molecule has 1 saturated heterocycles. The number of nitrogens with one attached hydrogen (secondary N) is 2. The van der Waals surface area contributed by atoms with E-state index in [9.17, 15) is 19.8 Å². The summed E-state index contributed by atoms with van der Waals surface area (Å²) in [5, 5.41) is 28.8. The summed E-state index contributed by atoms with van der Waals surface area (Å²) in [4.78, 5) is 31.0. The van der Waals surface area contributed by atoms with Crippen molar-refractivity contribution in [3.05, 3.63) is 54.1 Å². The lowest BCUT2D eigenvalue weighted by Crippen LogP contribution is -2.62. The van der Waals surface area contributed by atoms with Crippen molar-refractivity contribution in [2.45, 2.75) is 78.5 Å². The predicted molar refractivity (Wildman–Crippen MR) is 149 cm³/mol. The maximum atomic E-state index is 13.7. The predicted octanol–water partition coefficient (Wildman–Crippen LogP) is 3.93. The molecule has 2 aromatic carbocycles. The van der Waals surface area contributed by atoms with Crippen LogP contribution in [0.2, 0.25) is 0 Å². The van der Waals surface area contributed by atoms with Crippen molar-refractivity contribution in [1.82, 2.24) is 10.4 Å². The third kappa shape index (κ3) is 5.35. The fourth-order valence-electron chi connectivity index (χ4n) is 7.18. The molecule has 1 aliphatic heterocycles. The number of fused-ring (bicyclic) bond motifs is 2. The Labute approximate surface area is 230 Å². The molecule has 6 rings (SSSR count). The first kappa shape index (κ1) is 27.8. The van der Waals surface area contributed by atoms with Gasteiger partial charge in [-0.3, -0.25) is 14.4 Å². The van der Waals surface area contributed by atoms with Crippen molar-refractivity contribution >= 4 is 17.5 Å². The summed E-state index contributed by atoms with van der Waals surface area (Å²) in [5.41, 5.74) is 3.81. The Kier molecular flexibility index (Phi) is 7.59. The zero-order valence-corrected chi connectivity index (χ0v) is 23.4. The van der Waals surface area contributed by atoms with E-state index in [4.69, 9.17) is 4.84 Å². The van der Waals surface area contributed by atoms with Crippen LogP contribution in [0.5, 0.6) is 0 Å². The van der Waals surface area contributed by atoms with Gasteiger partial charge in [0.1, 0.15) is 6.04 Å². The van der Waals surface area contributed by atoms with Crippen LogP contribution < -0.4 is 10.6 Å². The highest BCUT2D eigenvalue weighted by molar-refractivity contribution is 5.89. The molecule has 2 aromatic rings. The third-order valence-electron chi connectivity index (χ3n) is 9.54. The molecule has 8 heteroatoms. The molecule has 1 heterocycles. The molecule has 0 radical (unpaired) electrons. The molecular formula is C31H41N3O5. The molecule has 0 spiro atoms. The molecular weight excluding hydrogens is 494 g/mol. The molecule has 3 aliphatic carbocycles. The minimum atomic E-state index is -1.28. The minimum absolute atomic E-state index is 0.0720. The monoisotopic (exact) mass is 535 g/mol. The number of rotatable bonds is 7. The van der Waals surface area contributed by atoms with Crippen LogP contribution in [0, 0.1) is 29.1 Å². The van der Waals surface area contributed by atoms with Crippen LogP contribution >= 0.6 is 0 Å². The van der Waals surface area contributed by atoms with Crippen molar-refractivity contribution < 1.29 is 24.6 Å². The number of amides is 2. The van der Waals surface area contributed by atoms with Gasteiger partial charge in [-0.2, -0.15) is 5.06 Å². The number of hydroxylamine groups is 2. The molecule has 4 N–H and O–H groups in total. The topological polar surface area (TPSA) is 111 Å². The molecule has 8 atom stereocenters. The Hall–Kier alpha value is -2.78. The van der Waals surface area contributed by atoms with Gasteiger partial charge in [0.25, 0.3) is 0 Å². The largest absolute Gasteiger partial charge is 0.393 e. The minimum Gasteiger partial charge on any atom is -0.393 e. The molecule has 0 aromatic heterocycles. The number of aliphatic hydroxyl groups excluding tert-OH is 2. The molecule has 4 fully saturated rings. The summed E-state index contributed by atoms with van der Waals surface area (Å²) < 4.78 is 0. The van der Waals surface area contributed by atoms with Crippen molar-refractivity contribution in [3.63, 3.8) is 0 Å². The molecule has 3 saturated carbocycles. The van der Waals surface area contributed by atoms with E-state index in [1.807, 2.05) is 48.5 Å². The number of aliphatic hydroxyl groups is 2. The van der Waals surface area contributed by atoms with E-state index in [-0.39, 0.29) is 24.4 Å². The maximum Gasteiger partial charge on any atom is 0.240 e. The van der Waals surface area contributed by atoms with Crippen LogP contribution in [-0.2, 0) is 21.0 Å². The first-order valence-electron chi connectivity index (χ1n) is 14.0. The number of benzene rings is 2.